The van der Waals surface area contributed by atoms with E-state index >= 15 is 0 Å². The number of nitrogens with one attached hydrogen (secondary N) is 1. The zero-order valence-electron chi connectivity index (χ0n) is 13.2. The molecule has 0 unspecified atom stereocenters. The van der Waals surface area contributed by atoms with Gasteiger partial charge in [-0.3, -0.25) is 4.79 Å². The Morgan fingerprint density at radius 1 is 0.880 bits per heavy atom. The first-order valence-electron chi connectivity index (χ1n) is 7.78. The van der Waals surface area contributed by atoms with Gasteiger partial charge < -0.3 is 5.32 Å². The summed E-state index contributed by atoms with van der Waals surface area (Å²) in [5, 5.41) is 6.71. The molecule has 0 bridgehead atoms. The minimum Gasteiger partial charge on any atom is -0.312 e. The third-order valence-electron chi connectivity index (χ3n) is 3.67. The molecule has 4 rings (SSSR count). The number of thiazole rings is 1. The summed E-state index contributed by atoms with van der Waals surface area (Å²) in [5.74, 6) is -0.123. The van der Waals surface area contributed by atoms with Crippen LogP contribution in [0.2, 0.25) is 0 Å². The summed E-state index contributed by atoms with van der Waals surface area (Å²) in [5.41, 5.74) is 2.50. The molecule has 0 fully saturated rings. The van der Waals surface area contributed by atoms with Gasteiger partial charge >= 0.3 is 0 Å². The highest BCUT2D eigenvalue weighted by atomic mass is 32.1. The number of anilines is 1. The highest BCUT2D eigenvalue weighted by Crippen LogP contribution is 2.39. The highest BCUT2D eigenvalue weighted by molar-refractivity contribution is 7.20. The molecule has 4 aromatic rings. The molecule has 2 aromatic carbocycles. The van der Waals surface area contributed by atoms with Gasteiger partial charge in [0.25, 0.3) is 5.91 Å². The van der Waals surface area contributed by atoms with Gasteiger partial charge in [0.2, 0.25) is 0 Å². The van der Waals surface area contributed by atoms with Crippen LogP contribution in [0.25, 0.3) is 21.1 Å². The number of hydrogen-bond donors (Lipinski definition) is 1. The van der Waals surface area contributed by atoms with Crippen LogP contribution >= 0.6 is 22.7 Å². The van der Waals surface area contributed by atoms with Crippen LogP contribution in [0.3, 0.4) is 0 Å². The number of nitrogens with zero attached hydrogens (tertiary/aromatic N) is 1. The minimum atomic E-state index is -0.123. The Morgan fingerprint density at radius 3 is 2.28 bits per heavy atom. The first kappa shape index (κ1) is 15.7. The zero-order valence-corrected chi connectivity index (χ0v) is 14.8. The van der Waals surface area contributed by atoms with Gasteiger partial charge in [-0.25, -0.2) is 4.98 Å². The molecule has 3 nitrogen and oxygen atoms in total. The van der Waals surface area contributed by atoms with E-state index in [-0.39, 0.29) is 5.91 Å². The SMILES string of the molecule is O=C(Nc1sc(-c2ccccc2)nc1-c1cccs1)c1ccccc1. The number of rotatable bonds is 4. The van der Waals surface area contributed by atoms with Crippen molar-refractivity contribution in [2.75, 3.05) is 5.32 Å². The lowest BCUT2D eigenvalue weighted by Gasteiger charge is -2.04. The van der Waals surface area contributed by atoms with Crippen LogP contribution in [0.5, 0.6) is 0 Å². The first-order chi connectivity index (χ1) is 12.3. The average molecular weight is 362 g/mol. The molecule has 1 amide bonds. The Morgan fingerprint density at radius 2 is 1.60 bits per heavy atom. The third kappa shape index (κ3) is 3.38. The Bertz CT molecular complexity index is 977. The predicted octanol–water partition coefficient (Wildman–Crippen LogP) is 5.79. The second-order valence-electron chi connectivity index (χ2n) is 5.36. The summed E-state index contributed by atoms with van der Waals surface area (Å²) >= 11 is 3.11. The number of benzene rings is 2. The lowest BCUT2D eigenvalue weighted by molar-refractivity contribution is 0.102. The van der Waals surface area contributed by atoms with Crippen molar-refractivity contribution in [2.24, 2.45) is 0 Å². The normalized spacial score (nSPS) is 10.6. The lowest BCUT2D eigenvalue weighted by Crippen LogP contribution is -2.11. The van der Waals surface area contributed by atoms with Gasteiger partial charge in [0.05, 0.1) is 4.88 Å². The van der Waals surface area contributed by atoms with Crippen LogP contribution in [0.15, 0.2) is 78.2 Å². The second kappa shape index (κ2) is 7.01. The van der Waals surface area contributed by atoms with Crippen molar-refractivity contribution in [3.05, 3.63) is 83.7 Å². The molecular formula is C20H14N2OS2. The summed E-state index contributed by atoms with van der Waals surface area (Å²) < 4.78 is 0. The van der Waals surface area contributed by atoms with Gasteiger partial charge in [-0.1, -0.05) is 65.9 Å². The summed E-state index contributed by atoms with van der Waals surface area (Å²) in [6, 6.07) is 23.3. The van der Waals surface area contributed by atoms with E-state index in [0.29, 0.717) is 5.56 Å². The zero-order chi connectivity index (χ0) is 17.1. The van der Waals surface area contributed by atoms with E-state index in [1.54, 1.807) is 23.5 Å². The van der Waals surface area contributed by atoms with Crippen LogP contribution < -0.4 is 5.32 Å². The number of thiophene rings is 1. The second-order valence-corrected chi connectivity index (χ2v) is 7.31. The maximum Gasteiger partial charge on any atom is 0.256 e. The average Bonchev–Trinajstić information content (AvgIpc) is 3.33. The molecule has 0 aliphatic heterocycles. The van der Waals surface area contributed by atoms with E-state index in [1.807, 2.05) is 66.0 Å². The molecule has 0 radical (unpaired) electrons. The van der Waals surface area contributed by atoms with Crippen molar-refractivity contribution in [3.8, 4) is 21.1 Å². The number of carbonyl (C=O) groups excluding carboxylic acids is 1. The molecule has 0 saturated heterocycles. The van der Waals surface area contributed by atoms with Crippen molar-refractivity contribution < 1.29 is 4.79 Å². The van der Waals surface area contributed by atoms with E-state index in [9.17, 15) is 4.79 Å². The predicted molar refractivity (Wildman–Crippen MR) is 105 cm³/mol. The van der Waals surface area contributed by atoms with Gasteiger partial charge in [0.15, 0.2) is 0 Å². The lowest BCUT2D eigenvalue weighted by atomic mass is 10.2. The van der Waals surface area contributed by atoms with E-state index in [2.05, 4.69) is 5.32 Å². The van der Waals surface area contributed by atoms with Gasteiger partial charge in [-0.2, -0.15) is 0 Å². The van der Waals surface area contributed by atoms with Crippen molar-refractivity contribution in [1.29, 1.82) is 0 Å². The summed E-state index contributed by atoms with van der Waals surface area (Å²) in [6.45, 7) is 0. The Hall–Kier alpha value is -2.76. The Kier molecular flexibility index (Phi) is 4.41. The fraction of sp³-hybridized carbons (Fsp3) is 0. The molecule has 0 aliphatic rings. The van der Waals surface area contributed by atoms with E-state index in [1.165, 1.54) is 11.3 Å². The van der Waals surface area contributed by atoms with Crippen LogP contribution in [0, 0.1) is 0 Å². The summed E-state index contributed by atoms with van der Waals surface area (Å²) in [7, 11) is 0. The number of amides is 1. The fourth-order valence-electron chi connectivity index (χ4n) is 2.45. The number of hydrogen-bond acceptors (Lipinski definition) is 4. The van der Waals surface area contributed by atoms with Gasteiger partial charge in [0, 0.05) is 11.1 Å². The van der Waals surface area contributed by atoms with Gasteiger partial charge in [0.1, 0.15) is 15.7 Å². The van der Waals surface area contributed by atoms with Crippen LogP contribution in [-0.4, -0.2) is 10.9 Å². The molecule has 5 heteroatoms. The van der Waals surface area contributed by atoms with Crippen molar-refractivity contribution in [3.63, 3.8) is 0 Å². The Balaban J connectivity index is 1.73. The smallest absolute Gasteiger partial charge is 0.256 e. The third-order valence-corrected chi connectivity index (χ3v) is 5.56. The topological polar surface area (TPSA) is 42.0 Å². The van der Waals surface area contributed by atoms with Crippen LogP contribution in [-0.2, 0) is 0 Å². The van der Waals surface area contributed by atoms with Gasteiger partial charge in [-0.15, -0.1) is 11.3 Å². The van der Waals surface area contributed by atoms with Gasteiger partial charge in [-0.05, 0) is 23.6 Å². The number of carbonyl (C=O) groups is 1. The maximum atomic E-state index is 12.6. The molecule has 0 atom stereocenters. The Labute approximate surface area is 153 Å². The standard InChI is InChI=1S/C20H14N2OS2/c23-18(14-8-3-1-4-9-14)22-20-17(16-12-7-13-24-16)21-19(25-20)15-10-5-2-6-11-15/h1-13H,(H,22,23). The largest absolute Gasteiger partial charge is 0.312 e. The van der Waals surface area contributed by atoms with Crippen LogP contribution in [0.4, 0.5) is 5.00 Å². The molecule has 0 aliphatic carbocycles. The summed E-state index contributed by atoms with van der Waals surface area (Å²) in [4.78, 5) is 18.4. The summed E-state index contributed by atoms with van der Waals surface area (Å²) in [6.07, 6.45) is 0. The number of aromatic nitrogens is 1. The van der Waals surface area contributed by atoms with Crippen molar-refractivity contribution >= 4 is 33.6 Å². The van der Waals surface area contributed by atoms with E-state index in [0.717, 1.165) is 26.1 Å². The van der Waals surface area contributed by atoms with E-state index in [4.69, 9.17) is 4.98 Å². The fourth-order valence-corrected chi connectivity index (χ4v) is 4.22. The molecule has 2 heterocycles. The molecule has 0 spiro atoms. The molecular weight excluding hydrogens is 348 g/mol. The molecule has 2 aromatic heterocycles. The molecule has 25 heavy (non-hydrogen) atoms. The molecule has 122 valence electrons. The quantitative estimate of drug-likeness (QED) is 0.499. The maximum absolute atomic E-state index is 12.6. The molecule has 0 saturated carbocycles. The van der Waals surface area contributed by atoms with Crippen molar-refractivity contribution in [2.45, 2.75) is 0 Å². The van der Waals surface area contributed by atoms with Crippen molar-refractivity contribution in [1.82, 2.24) is 4.98 Å². The van der Waals surface area contributed by atoms with Crippen LogP contribution in [0.1, 0.15) is 10.4 Å². The first-order valence-corrected chi connectivity index (χ1v) is 9.47. The minimum absolute atomic E-state index is 0.123. The van der Waals surface area contributed by atoms with E-state index < -0.39 is 0 Å². The monoisotopic (exact) mass is 362 g/mol. The highest BCUT2D eigenvalue weighted by Gasteiger charge is 2.17. The molecule has 1 N–H and O–H groups in total.